The molecule has 0 aliphatic carbocycles. The summed E-state index contributed by atoms with van der Waals surface area (Å²) in [6.07, 6.45) is 3.16. The van der Waals surface area contributed by atoms with E-state index in [2.05, 4.69) is 16.2 Å². The summed E-state index contributed by atoms with van der Waals surface area (Å²) in [5, 5.41) is 4.37. The molecule has 6 nitrogen and oxygen atoms in total. The molecule has 0 aliphatic rings. The molecule has 1 heterocycles. The van der Waals surface area contributed by atoms with Crippen LogP contribution in [0.1, 0.15) is 21.7 Å². The molecule has 0 bridgehead atoms. The molecule has 1 aromatic carbocycles. The van der Waals surface area contributed by atoms with Gasteiger partial charge in [0.25, 0.3) is 5.91 Å². The first-order chi connectivity index (χ1) is 11.6. The van der Waals surface area contributed by atoms with Gasteiger partial charge < -0.3 is 5.32 Å². The normalized spacial score (nSPS) is 10.3. The van der Waals surface area contributed by atoms with Crippen molar-refractivity contribution < 1.29 is 14.4 Å². The number of amides is 3. The zero-order valence-corrected chi connectivity index (χ0v) is 13.6. The largest absolute Gasteiger partial charge is 0.352 e. The molecule has 3 N–H and O–H groups in total. The van der Waals surface area contributed by atoms with Crippen LogP contribution >= 0.6 is 11.3 Å². The van der Waals surface area contributed by atoms with Crippen molar-refractivity contribution in [3.05, 3.63) is 64.4 Å². The molecular weight excluding hydrogens is 326 g/mol. The van der Waals surface area contributed by atoms with Crippen LogP contribution in [0, 0.1) is 0 Å². The molecule has 1 aromatic heterocycles. The third kappa shape index (κ3) is 6.05. The summed E-state index contributed by atoms with van der Waals surface area (Å²) in [5.41, 5.74) is 5.53. The van der Waals surface area contributed by atoms with Crippen molar-refractivity contribution in [2.75, 3.05) is 6.54 Å². The van der Waals surface area contributed by atoms with Crippen LogP contribution < -0.4 is 16.2 Å². The van der Waals surface area contributed by atoms with Crippen molar-refractivity contribution in [3.8, 4) is 0 Å². The maximum atomic E-state index is 11.6. The molecule has 0 saturated heterocycles. The van der Waals surface area contributed by atoms with Crippen molar-refractivity contribution in [1.82, 2.24) is 16.2 Å². The third-order valence-corrected chi connectivity index (χ3v) is 3.81. The lowest BCUT2D eigenvalue weighted by molar-refractivity contribution is -0.122. The van der Waals surface area contributed by atoms with Crippen LogP contribution in [0.15, 0.2) is 53.9 Å². The molecule has 2 aromatic rings. The Labute approximate surface area is 143 Å². The minimum absolute atomic E-state index is 0.0651. The topological polar surface area (TPSA) is 87.3 Å². The van der Waals surface area contributed by atoms with Gasteiger partial charge in [0.05, 0.1) is 4.88 Å². The van der Waals surface area contributed by atoms with E-state index >= 15 is 0 Å². The smallest absolute Gasteiger partial charge is 0.279 e. The molecule has 0 saturated carbocycles. The fourth-order valence-electron chi connectivity index (χ4n) is 1.75. The van der Waals surface area contributed by atoms with E-state index in [9.17, 15) is 14.4 Å². The predicted octanol–water partition coefficient (Wildman–Crippen LogP) is 1.73. The summed E-state index contributed by atoms with van der Waals surface area (Å²) >= 11 is 1.28. The SMILES string of the molecule is O=C(/C=C/c1ccccc1)NCCC(=O)NNC(=O)c1cccs1. The molecule has 2 rings (SSSR count). The molecular formula is C17H17N3O3S. The minimum Gasteiger partial charge on any atom is -0.352 e. The Balaban J connectivity index is 1.62. The number of benzene rings is 1. The van der Waals surface area contributed by atoms with E-state index in [-0.39, 0.29) is 30.7 Å². The second-order valence-corrected chi connectivity index (χ2v) is 5.71. The highest BCUT2D eigenvalue weighted by molar-refractivity contribution is 7.12. The van der Waals surface area contributed by atoms with Gasteiger partial charge in [-0.1, -0.05) is 36.4 Å². The summed E-state index contributed by atoms with van der Waals surface area (Å²) in [4.78, 5) is 35.3. The summed E-state index contributed by atoms with van der Waals surface area (Å²) < 4.78 is 0. The number of hydrogen-bond acceptors (Lipinski definition) is 4. The lowest BCUT2D eigenvalue weighted by Gasteiger charge is -2.06. The Morgan fingerprint density at radius 3 is 2.50 bits per heavy atom. The maximum Gasteiger partial charge on any atom is 0.279 e. The second-order valence-electron chi connectivity index (χ2n) is 4.76. The minimum atomic E-state index is -0.382. The van der Waals surface area contributed by atoms with E-state index in [0.717, 1.165) is 5.56 Å². The lowest BCUT2D eigenvalue weighted by Crippen LogP contribution is -2.42. The van der Waals surface area contributed by atoms with Crippen LogP contribution in [0.3, 0.4) is 0 Å². The molecule has 0 atom stereocenters. The lowest BCUT2D eigenvalue weighted by atomic mass is 10.2. The Morgan fingerprint density at radius 2 is 1.79 bits per heavy atom. The maximum absolute atomic E-state index is 11.6. The first-order valence-corrected chi connectivity index (χ1v) is 8.17. The number of rotatable bonds is 6. The van der Waals surface area contributed by atoms with E-state index < -0.39 is 0 Å². The molecule has 124 valence electrons. The number of hydrazine groups is 1. The van der Waals surface area contributed by atoms with Crippen LogP contribution in [0.25, 0.3) is 6.08 Å². The highest BCUT2D eigenvalue weighted by Gasteiger charge is 2.07. The van der Waals surface area contributed by atoms with Crippen molar-refractivity contribution >= 4 is 35.1 Å². The van der Waals surface area contributed by atoms with Gasteiger partial charge in [-0.05, 0) is 23.1 Å². The number of nitrogens with one attached hydrogen (secondary N) is 3. The second kappa shape index (κ2) is 9.26. The molecule has 24 heavy (non-hydrogen) atoms. The Bertz CT molecular complexity index is 712. The van der Waals surface area contributed by atoms with Crippen molar-refractivity contribution in [2.45, 2.75) is 6.42 Å². The zero-order valence-electron chi connectivity index (χ0n) is 12.8. The average Bonchev–Trinajstić information content (AvgIpc) is 3.13. The van der Waals surface area contributed by atoms with Gasteiger partial charge >= 0.3 is 0 Å². The summed E-state index contributed by atoms with van der Waals surface area (Å²) in [6.45, 7) is 0.179. The number of carbonyl (C=O) groups is 3. The Hall–Kier alpha value is -2.93. The standard InChI is InChI=1S/C17H17N3O3S/c21-15(9-8-13-5-2-1-3-6-13)18-11-10-16(22)19-20-17(23)14-7-4-12-24-14/h1-9,12H,10-11H2,(H,18,21)(H,19,22)(H,20,23)/b9-8+. The zero-order chi connectivity index (χ0) is 17.2. The monoisotopic (exact) mass is 343 g/mol. The van der Waals surface area contributed by atoms with Gasteiger partial charge in [0, 0.05) is 19.0 Å². The number of hydrogen-bond donors (Lipinski definition) is 3. The van der Waals surface area contributed by atoms with Gasteiger partial charge in [0.1, 0.15) is 0 Å². The van der Waals surface area contributed by atoms with Crippen molar-refractivity contribution in [2.24, 2.45) is 0 Å². The van der Waals surface area contributed by atoms with Gasteiger partial charge in [-0.15, -0.1) is 11.3 Å². The third-order valence-electron chi connectivity index (χ3n) is 2.94. The first-order valence-electron chi connectivity index (χ1n) is 7.29. The number of carbonyl (C=O) groups excluding carboxylic acids is 3. The first kappa shape index (κ1) is 17.4. The highest BCUT2D eigenvalue weighted by Crippen LogP contribution is 2.07. The molecule has 0 radical (unpaired) electrons. The van der Waals surface area contributed by atoms with Crippen LogP contribution in [0.5, 0.6) is 0 Å². The fourth-order valence-corrected chi connectivity index (χ4v) is 2.37. The summed E-state index contributed by atoms with van der Waals surface area (Å²) in [5.74, 6) is -1.03. The van der Waals surface area contributed by atoms with E-state index in [1.807, 2.05) is 30.3 Å². The quantitative estimate of drug-likeness (QED) is 0.551. The van der Waals surface area contributed by atoms with Gasteiger partial charge in [0.15, 0.2) is 0 Å². The fraction of sp³-hybridized carbons (Fsp3) is 0.118. The van der Waals surface area contributed by atoms with Gasteiger partial charge in [-0.25, -0.2) is 0 Å². The van der Waals surface area contributed by atoms with E-state index in [0.29, 0.717) is 4.88 Å². The van der Waals surface area contributed by atoms with Gasteiger partial charge in [0.2, 0.25) is 11.8 Å². The van der Waals surface area contributed by atoms with Crippen LogP contribution in [0.4, 0.5) is 0 Å². The predicted molar refractivity (Wildman–Crippen MR) is 93.0 cm³/mol. The Kier molecular flexibility index (Phi) is 6.73. The Morgan fingerprint density at radius 1 is 1.00 bits per heavy atom. The van der Waals surface area contributed by atoms with Crippen LogP contribution in [0.2, 0.25) is 0 Å². The van der Waals surface area contributed by atoms with Crippen LogP contribution in [-0.2, 0) is 9.59 Å². The van der Waals surface area contributed by atoms with E-state index in [4.69, 9.17) is 0 Å². The summed E-state index contributed by atoms with van der Waals surface area (Å²) in [6, 6.07) is 12.8. The molecule has 0 unspecified atom stereocenters. The highest BCUT2D eigenvalue weighted by atomic mass is 32.1. The van der Waals surface area contributed by atoms with Crippen molar-refractivity contribution in [3.63, 3.8) is 0 Å². The molecule has 7 heteroatoms. The van der Waals surface area contributed by atoms with Crippen LogP contribution in [-0.4, -0.2) is 24.3 Å². The van der Waals surface area contributed by atoms with Gasteiger partial charge in [-0.2, -0.15) is 0 Å². The van der Waals surface area contributed by atoms with E-state index in [1.165, 1.54) is 17.4 Å². The van der Waals surface area contributed by atoms with Gasteiger partial charge in [-0.3, -0.25) is 25.2 Å². The number of thiophene rings is 1. The van der Waals surface area contributed by atoms with Crippen molar-refractivity contribution in [1.29, 1.82) is 0 Å². The van der Waals surface area contributed by atoms with E-state index in [1.54, 1.807) is 23.6 Å². The molecule has 0 aliphatic heterocycles. The molecule has 0 fully saturated rings. The molecule has 3 amide bonds. The average molecular weight is 343 g/mol. The molecule has 0 spiro atoms. The summed E-state index contributed by atoms with van der Waals surface area (Å²) in [7, 11) is 0.